The normalized spacial score (nSPS) is 9.80. The number of alkyl halides is 3. The molecule has 1 aromatic rings. The Morgan fingerprint density at radius 1 is 1.10 bits per heavy atom. The van der Waals surface area contributed by atoms with Gasteiger partial charge in [-0.3, -0.25) is 0 Å². The maximum Gasteiger partial charge on any atom is 0.446 e. The third-order valence-corrected chi connectivity index (χ3v) is 2.64. The summed E-state index contributed by atoms with van der Waals surface area (Å²) < 4.78 is 36.7. The quantitative estimate of drug-likeness (QED) is 0.681. The Morgan fingerprint density at radius 3 is 2.25 bits per heavy atom. The summed E-state index contributed by atoms with van der Waals surface area (Å²) in [5, 5.41) is 28.5. The molecule has 0 spiro atoms. The standard InChI is InChI=1S/C12H5F3N4S/c13-12(14,15)20-10-3-1-2-9(4-10)19-11(7-18)8(5-16)6-17/h1-4,19H. The molecule has 0 radical (unpaired) electrons. The smallest absolute Gasteiger partial charge is 0.345 e. The summed E-state index contributed by atoms with van der Waals surface area (Å²) in [6, 6.07) is 9.88. The Balaban J connectivity index is 3.04. The van der Waals surface area contributed by atoms with E-state index in [1.165, 1.54) is 36.4 Å². The molecule has 0 aliphatic rings. The van der Waals surface area contributed by atoms with E-state index in [4.69, 9.17) is 15.8 Å². The molecule has 1 aromatic carbocycles. The number of thioether (sulfide) groups is 1. The summed E-state index contributed by atoms with van der Waals surface area (Å²) in [6.45, 7) is 0. The van der Waals surface area contributed by atoms with E-state index in [1.807, 2.05) is 0 Å². The summed E-state index contributed by atoms with van der Waals surface area (Å²) in [4.78, 5) is -0.0738. The lowest BCUT2D eigenvalue weighted by atomic mass is 10.2. The van der Waals surface area contributed by atoms with Gasteiger partial charge in [-0.1, -0.05) is 6.07 Å². The second-order valence-corrected chi connectivity index (χ2v) is 4.42. The Morgan fingerprint density at radius 2 is 1.75 bits per heavy atom. The zero-order chi connectivity index (χ0) is 15.2. The average molecular weight is 294 g/mol. The predicted octanol–water partition coefficient (Wildman–Crippen LogP) is 3.54. The van der Waals surface area contributed by atoms with E-state index in [1.54, 1.807) is 6.07 Å². The molecule has 0 amide bonds. The number of benzene rings is 1. The molecule has 4 nitrogen and oxygen atoms in total. The van der Waals surface area contributed by atoms with Gasteiger partial charge < -0.3 is 5.32 Å². The molecule has 20 heavy (non-hydrogen) atoms. The Bertz CT molecular complexity index is 643. The summed E-state index contributed by atoms with van der Waals surface area (Å²) in [5.41, 5.74) is -5.00. The second-order valence-electron chi connectivity index (χ2n) is 3.29. The minimum Gasteiger partial charge on any atom is -0.345 e. The number of nitriles is 3. The lowest BCUT2D eigenvalue weighted by Gasteiger charge is -2.08. The highest BCUT2D eigenvalue weighted by molar-refractivity contribution is 8.00. The van der Waals surface area contributed by atoms with Crippen molar-refractivity contribution in [3.8, 4) is 18.2 Å². The van der Waals surface area contributed by atoms with Crippen molar-refractivity contribution >= 4 is 17.4 Å². The van der Waals surface area contributed by atoms with E-state index >= 15 is 0 Å². The van der Waals surface area contributed by atoms with Crippen LogP contribution in [0.15, 0.2) is 40.4 Å². The molecule has 0 heterocycles. The van der Waals surface area contributed by atoms with Crippen molar-refractivity contribution in [2.75, 3.05) is 5.32 Å². The van der Waals surface area contributed by atoms with Crippen molar-refractivity contribution in [2.45, 2.75) is 10.4 Å². The highest BCUT2D eigenvalue weighted by atomic mass is 32.2. The van der Waals surface area contributed by atoms with Gasteiger partial charge in [0.25, 0.3) is 0 Å². The molecule has 0 aliphatic carbocycles. The van der Waals surface area contributed by atoms with Crippen LogP contribution in [0.5, 0.6) is 0 Å². The zero-order valence-electron chi connectivity index (χ0n) is 9.69. The first-order chi connectivity index (χ1) is 9.39. The third-order valence-electron chi connectivity index (χ3n) is 1.92. The SMILES string of the molecule is N#CC(C#N)=C(C#N)Nc1cccc(SC(F)(F)F)c1. The van der Waals surface area contributed by atoms with Crippen molar-refractivity contribution in [1.29, 1.82) is 15.8 Å². The van der Waals surface area contributed by atoms with Crippen LogP contribution in [-0.4, -0.2) is 5.51 Å². The van der Waals surface area contributed by atoms with E-state index in [9.17, 15) is 13.2 Å². The number of hydrogen-bond acceptors (Lipinski definition) is 5. The largest absolute Gasteiger partial charge is 0.446 e. The predicted molar refractivity (Wildman–Crippen MR) is 65.8 cm³/mol. The topological polar surface area (TPSA) is 83.4 Å². The molecular formula is C12H5F3N4S. The maximum atomic E-state index is 12.2. The molecule has 8 heteroatoms. The van der Waals surface area contributed by atoms with Crippen molar-refractivity contribution in [3.63, 3.8) is 0 Å². The molecule has 1 rings (SSSR count). The molecule has 0 aromatic heterocycles. The van der Waals surface area contributed by atoms with Crippen LogP contribution in [0.1, 0.15) is 0 Å². The van der Waals surface area contributed by atoms with Crippen molar-refractivity contribution in [2.24, 2.45) is 0 Å². The highest BCUT2D eigenvalue weighted by Crippen LogP contribution is 2.37. The molecule has 0 bridgehead atoms. The van der Waals surface area contributed by atoms with Crippen LogP contribution in [0.2, 0.25) is 0 Å². The molecule has 0 aliphatic heterocycles. The van der Waals surface area contributed by atoms with Crippen LogP contribution in [0.3, 0.4) is 0 Å². The fraction of sp³-hybridized carbons (Fsp3) is 0.0833. The van der Waals surface area contributed by atoms with Crippen LogP contribution in [0, 0.1) is 34.0 Å². The number of anilines is 1. The van der Waals surface area contributed by atoms with Gasteiger partial charge in [0.15, 0.2) is 5.57 Å². The lowest BCUT2D eigenvalue weighted by molar-refractivity contribution is -0.0328. The average Bonchev–Trinajstić information content (AvgIpc) is 2.37. The van der Waals surface area contributed by atoms with Crippen molar-refractivity contribution in [1.82, 2.24) is 0 Å². The minimum absolute atomic E-state index is 0.0738. The minimum atomic E-state index is -4.42. The lowest BCUT2D eigenvalue weighted by Crippen LogP contribution is -2.02. The Kier molecular flexibility index (Phi) is 5.02. The molecule has 0 atom stereocenters. The Labute approximate surface area is 116 Å². The second kappa shape index (κ2) is 6.51. The number of halogens is 3. The van der Waals surface area contributed by atoms with Gasteiger partial charge in [0, 0.05) is 10.6 Å². The fourth-order valence-electron chi connectivity index (χ4n) is 1.20. The van der Waals surface area contributed by atoms with Gasteiger partial charge in [-0.15, -0.1) is 0 Å². The van der Waals surface area contributed by atoms with Crippen molar-refractivity contribution < 1.29 is 13.2 Å². The molecule has 0 saturated carbocycles. The van der Waals surface area contributed by atoms with E-state index in [-0.39, 0.29) is 28.0 Å². The summed E-state index contributed by atoms with van der Waals surface area (Å²) in [5.74, 6) is 0. The number of allylic oxidation sites excluding steroid dienone is 2. The monoisotopic (exact) mass is 294 g/mol. The Hall–Kier alpha value is -2.63. The first-order valence-corrected chi connectivity index (χ1v) is 5.78. The maximum absolute atomic E-state index is 12.2. The number of rotatable bonds is 3. The molecule has 0 saturated heterocycles. The van der Waals surface area contributed by atoms with Crippen LogP contribution in [-0.2, 0) is 0 Å². The highest BCUT2D eigenvalue weighted by Gasteiger charge is 2.29. The van der Waals surface area contributed by atoms with Gasteiger partial charge in [0.2, 0.25) is 0 Å². The van der Waals surface area contributed by atoms with Gasteiger partial charge in [-0.2, -0.15) is 29.0 Å². The number of nitrogens with zero attached hydrogens (tertiary/aromatic N) is 3. The van der Waals surface area contributed by atoms with Crippen LogP contribution in [0.25, 0.3) is 0 Å². The van der Waals surface area contributed by atoms with Gasteiger partial charge in [0.05, 0.1) is 0 Å². The van der Waals surface area contributed by atoms with Gasteiger partial charge in [0.1, 0.15) is 23.9 Å². The first kappa shape index (κ1) is 15.4. The summed E-state index contributed by atoms with van der Waals surface area (Å²) >= 11 is -0.299. The molecule has 100 valence electrons. The van der Waals surface area contributed by atoms with E-state index in [0.717, 1.165) is 0 Å². The molecule has 0 unspecified atom stereocenters. The van der Waals surface area contributed by atoms with Gasteiger partial charge >= 0.3 is 5.51 Å². The van der Waals surface area contributed by atoms with E-state index in [0.29, 0.717) is 0 Å². The molecule has 0 fully saturated rings. The van der Waals surface area contributed by atoms with Crippen LogP contribution < -0.4 is 5.32 Å². The van der Waals surface area contributed by atoms with E-state index < -0.39 is 11.1 Å². The first-order valence-electron chi connectivity index (χ1n) is 4.97. The summed E-state index contributed by atoms with van der Waals surface area (Å²) in [6.07, 6.45) is 0. The number of nitrogens with one attached hydrogen (secondary N) is 1. The van der Waals surface area contributed by atoms with Gasteiger partial charge in [-0.05, 0) is 30.0 Å². The molecule has 1 N–H and O–H groups in total. The molecular weight excluding hydrogens is 289 g/mol. The van der Waals surface area contributed by atoms with Crippen LogP contribution >= 0.6 is 11.8 Å². The number of hydrogen-bond donors (Lipinski definition) is 1. The van der Waals surface area contributed by atoms with Crippen LogP contribution in [0.4, 0.5) is 18.9 Å². The van der Waals surface area contributed by atoms with Crippen molar-refractivity contribution in [3.05, 3.63) is 35.5 Å². The van der Waals surface area contributed by atoms with E-state index in [2.05, 4.69) is 5.32 Å². The zero-order valence-corrected chi connectivity index (χ0v) is 10.5. The fourth-order valence-corrected chi connectivity index (χ4v) is 1.80. The summed E-state index contributed by atoms with van der Waals surface area (Å²) in [7, 11) is 0. The third kappa shape index (κ3) is 4.56. The van der Waals surface area contributed by atoms with Gasteiger partial charge in [-0.25, -0.2) is 0 Å².